The lowest BCUT2D eigenvalue weighted by Crippen LogP contribution is -2.21. The molecule has 3 aromatic heterocycles. The van der Waals surface area contributed by atoms with E-state index in [1.807, 2.05) is 60.8 Å². The normalized spacial score (nSPS) is 11.5. The van der Waals surface area contributed by atoms with Crippen molar-refractivity contribution in [2.45, 2.75) is 17.8 Å². The van der Waals surface area contributed by atoms with E-state index < -0.39 is 0 Å². The standard InChI is InChI=1S/C21H15ClN4OS2/c1-12-10-13(6-7-14(12)22)26-20(27)19-17(8-9-28-19)25-21(26)29-11-18-23-15-4-2-3-5-16(15)24-18/h2-10H,11H2,1H3,(H,23,24). The maximum atomic E-state index is 13.2. The topological polar surface area (TPSA) is 63.6 Å². The first-order chi connectivity index (χ1) is 14.1. The zero-order valence-corrected chi connectivity index (χ0v) is 17.7. The Kier molecular flexibility index (Phi) is 4.66. The lowest BCUT2D eigenvalue weighted by atomic mass is 10.2. The van der Waals surface area contributed by atoms with E-state index in [4.69, 9.17) is 16.6 Å². The highest BCUT2D eigenvalue weighted by Gasteiger charge is 2.16. The van der Waals surface area contributed by atoms with E-state index in [9.17, 15) is 4.79 Å². The van der Waals surface area contributed by atoms with Gasteiger partial charge in [-0.05, 0) is 54.3 Å². The van der Waals surface area contributed by atoms with Gasteiger partial charge in [-0.1, -0.05) is 35.5 Å². The highest BCUT2D eigenvalue weighted by Crippen LogP contribution is 2.27. The lowest BCUT2D eigenvalue weighted by molar-refractivity contribution is 0.820. The van der Waals surface area contributed by atoms with Crippen molar-refractivity contribution in [3.63, 3.8) is 0 Å². The van der Waals surface area contributed by atoms with Crippen molar-refractivity contribution < 1.29 is 0 Å². The summed E-state index contributed by atoms with van der Waals surface area (Å²) in [5.74, 6) is 1.42. The van der Waals surface area contributed by atoms with Gasteiger partial charge in [0.1, 0.15) is 10.5 Å². The number of hydrogen-bond acceptors (Lipinski definition) is 5. The largest absolute Gasteiger partial charge is 0.341 e. The summed E-state index contributed by atoms with van der Waals surface area (Å²) in [4.78, 5) is 25.9. The number of halogens is 1. The van der Waals surface area contributed by atoms with Gasteiger partial charge in [-0.3, -0.25) is 9.36 Å². The molecule has 0 saturated heterocycles. The third-order valence-electron chi connectivity index (χ3n) is 4.63. The molecule has 0 aliphatic heterocycles. The quantitative estimate of drug-likeness (QED) is 0.294. The molecule has 5 aromatic rings. The van der Waals surface area contributed by atoms with Gasteiger partial charge in [0.25, 0.3) is 5.56 Å². The van der Waals surface area contributed by atoms with Crippen LogP contribution in [0.5, 0.6) is 0 Å². The van der Waals surface area contributed by atoms with Gasteiger partial charge in [0.05, 0.1) is 28.0 Å². The molecule has 0 spiro atoms. The number of nitrogens with zero attached hydrogens (tertiary/aromatic N) is 3. The molecule has 3 heterocycles. The first-order valence-corrected chi connectivity index (χ1v) is 11.2. The number of rotatable bonds is 4. The molecule has 0 atom stereocenters. The predicted molar refractivity (Wildman–Crippen MR) is 121 cm³/mol. The van der Waals surface area contributed by atoms with Gasteiger partial charge < -0.3 is 4.98 Å². The Hall–Kier alpha value is -2.61. The Morgan fingerprint density at radius 2 is 2.00 bits per heavy atom. The van der Waals surface area contributed by atoms with Gasteiger partial charge >= 0.3 is 0 Å². The number of imidazole rings is 1. The smallest absolute Gasteiger partial charge is 0.276 e. The van der Waals surface area contributed by atoms with Crippen LogP contribution in [0.15, 0.2) is 63.9 Å². The van der Waals surface area contributed by atoms with Crippen molar-refractivity contribution in [2.24, 2.45) is 0 Å². The maximum Gasteiger partial charge on any atom is 0.276 e. The fourth-order valence-corrected chi connectivity index (χ4v) is 4.95. The summed E-state index contributed by atoms with van der Waals surface area (Å²) in [6.07, 6.45) is 0. The average Bonchev–Trinajstić information content (AvgIpc) is 3.35. The predicted octanol–water partition coefficient (Wildman–Crippen LogP) is 5.58. The molecule has 2 aromatic carbocycles. The fourth-order valence-electron chi connectivity index (χ4n) is 3.19. The molecule has 29 heavy (non-hydrogen) atoms. The van der Waals surface area contributed by atoms with Crippen molar-refractivity contribution in [1.82, 2.24) is 19.5 Å². The first kappa shape index (κ1) is 18.4. The minimum atomic E-state index is -0.0705. The maximum absolute atomic E-state index is 13.2. The molecule has 144 valence electrons. The van der Waals surface area contributed by atoms with Crippen LogP contribution in [0.4, 0.5) is 0 Å². The molecule has 0 bridgehead atoms. The zero-order valence-electron chi connectivity index (χ0n) is 15.3. The van der Waals surface area contributed by atoms with E-state index in [2.05, 4.69) is 9.97 Å². The van der Waals surface area contributed by atoms with E-state index >= 15 is 0 Å². The molecule has 0 fully saturated rings. The molecule has 1 N–H and O–H groups in total. The van der Waals surface area contributed by atoms with Crippen LogP contribution < -0.4 is 5.56 Å². The third-order valence-corrected chi connectivity index (χ3v) is 6.89. The highest BCUT2D eigenvalue weighted by atomic mass is 35.5. The Morgan fingerprint density at radius 3 is 2.83 bits per heavy atom. The van der Waals surface area contributed by atoms with Crippen molar-refractivity contribution in [2.75, 3.05) is 0 Å². The number of aromatic amines is 1. The molecular weight excluding hydrogens is 424 g/mol. The molecule has 0 aliphatic carbocycles. The Morgan fingerprint density at radius 1 is 1.14 bits per heavy atom. The van der Waals surface area contributed by atoms with Crippen molar-refractivity contribution in [3.05, 3.63) is 80.7 Å². The summed E-state index contributed by atoms with van der Waals surface area (Å²) in [6, 6.07) is 15.4. The summed E-state index contributed by atoms with van der Waals surface area (Å²) >= 11 is 9.08. The Labute approximate surface area is 179 Å². The molecule has 0 unspecified atom stereocenters. The lowest BCUT2D eigenvalue weighted by Gasteiger charge is -2.12. The summed E-state index contributed by atoms with van der Waals surface area (Å²) in [5, 5.41) is 3.19. The number of aryl methyl sites for hydroxylation is 1. The second-order valence-corrected chi connectivity index (χ2v) is 8.86. The zero-order chi connectivity index (χ0) is 20.0. The number of aromatic nitrogens is 4. The third kappa shape index (κ3) is 3.35. The number of para-hydroxylation sites is 2. The minimum Gasteiger partial charge on any atom is -0.341 e. The molecule has 8 heteroatoms. The van der Waals surface area contributed by atoms with Crippen LogP contribution in [0.1, 0.15) is 11.4 Å². The van der Waals surface area contributed by atoms with E-state index in [1.54, 1.807) is 4.57 Å². The van der Waals surface area contributed by atoms with Gasteiger partial charge in [0.2, 0.25) is 0 Å². The van der Waals surface area contributed by atoms with Gasteiger partial charge in [0, 0.05) is 5.02 Å². The van der Waals surface area contributed by atoms with Gasteiger partial charge in [-0.2, -0.15) is 0 Å². The van der Waals surface area contributed by atoms with Gasteiger partial charge in [0.15, 0.2) is 5.16 Å². The minimum absolute atomic E-state index is 0.0705. The summed E-state index contributed by atoms with van der Waals surface area (Å²) < 4.78 is 2.31. The highest BCUT2D eigenvalue weighted by molar-refractivity contribution is 7.98. The summed E-state index contributed by atoms with van der Waals surface area (Å²) in [6.45, 7) is 1.93. The van der Waals surface area contributed by atoms with Crippen LogP contribution >= 0.6 is 34.7 Å². The summed E-state index contributed by atoms with van der Waals surface area (Å²) in [7, 11) is 0. The van der Waals surface area contributed by atoms with Crippen molar-refractivity contribution in [1.29, 1.82) is 0 Å². The molecule has 0 amide bonds. The first-order valence-electron chi connectivity index (χ1n) is 8.93. The van der Waals surface area contributed by atoms with Gasteiger partial charge in [-0.25, -0.2) is 9.97 Å². The van der Waals surface area contributed by atoms with Crippen LogP contribution in [-0.2, 0) is 5.75 Å². The van der Waals surface area contributed by atoms with Crippen LogP contribution in [0, 0.1) is 6.92 Å². The molecule has 0 saturated carbocycles. The second-order valence-electron chi connectivity index (χ2n) is 6.59. The average molecular weight is 439 g/mol. The van der Waals surface area contributed by atoms with Crippen LogP contribution in [-0.4, -0.2) is 19.5 Å². The number of benzene rings is 2. The second kappa shape index (κ2) is 7.33. The number of thioether (sulfide) groups is 1. The number of hydrogen-bond donors (Lipinski definition) is 1. The van der Waals surface area contributed by atoms with E-state index in [1.165, 1.54) is 23.1 Å². The molecular formula is C21H15ClN4OS2. The number of nitrogens with one attached hydrogen (secondary N) is 1. The Bertz CT molecular complexity index is 1390. The van der Waals surface area contributed by atoms with E-state index in [0.29, 0.717) is 26.1 Å². The van der Waals surface area contributed by atoms with Crippen LogP contribution in [0.25, 0.3) is 26.9 Å². The molecule has 0 aliphatic rings. The van der Waals surface area contributed by atoms with E-state index in [0.717, 1.165) is 28.1 Å². The molecule has 0 radical (unpaired) electrons. The molecule has 5 nitrogen and oxygen atoms in total. The van der Waals surface area contributed by atoms with Crippen molar-refractivity contribution >= 4 is 55.9 Å². The number of H-pyrrole nitrogens is 1. The fraction of sp³-hybridized carbons (Fsp3) is 0.0952. The Balaban J connectivity index is 1.59. The van der Waals surface area contributed by atoms with Crippen LogP contribution in [0.3, 0.4) is 0 Å². The molecule has 5 rings (SSSR count). The van der Waals surface area contributed by atoms with E-state index in [-0.39, 0.29) is 5.56 Å². The van der Waals surface area contributed by atoms with Crippen molar-refractivity contribution in [3.8, 4) is 5.69 Å². The van der Waals surface area contributed by atoms with Gasteiger partial charge in [-0.15, -0.1) is 11.3 Å². The van der Waals surface area contributed by atoms with Crippen LogP contribution in [0.2, 0.25) is 5.02 Å². The number of fused-ring (bicyclic) bond motifs is 2. The summed E-state index contributed by atoms with van der Waals surface area (Å²) in [5.41, 5.74) is 4.24. The number of thiophene rings is 1. The SMILES string of the molecule is Cc1cc(-n2c(SCc3nc4ccccc4[nH]3)nc3ccsc3c2=O)ccc1Cl. The monoisotopic (exact) mass is 438 g/mol.